The second kappa shape index (κ2) is 9.47. The first kappa shape index (κ1) is 21.3. The van der Waals surface area contributed by atoms with Crippen LogP contribution in [0.15, 0.2) is 65.3 Å². The Balaban J connectivity index is 1.33. The molecule has 0 fully saturated rings. The Hall–Kier alpha value is -3.94. The lowest BCUT2D eigenvalue weighted by atomic mass is 10.1. The molecule has 166 valence electrons. The van der Waals surface area contributed by atoms with Crippen LogP contribution in [0.2, 0.25) is 0 Å². The number of furan rings is 1. The van der Waals surface area contributed by atoms with Crippen LogP contribution in [0.25, 0.3) is 0 Å². The molecule has 0 bridgehead atoms. The average molecular weight is 434 g/mol. The molecule has 0 spiro atoms. The second-order valence-corrected chi connectivity index (χ2v) is 7.62. The van der Waals surface area contributed by atoms with Crippen LogP contribution in [0, 0.1) is 0 Å². The fourth-order valence-electron chi connectivity index (χ4n) is 3.89. The number of benzene rings is 2. The average Bonchev–Trinajstić information content (AvgIpc) is 3.40. The molecule has 8 nitrogen and oxygen atoms in total. The van der Waals surface area contributed by atoms with Crippen molar-refractivity contribution in [3.8, 4) is 5.75 Å². The number of carbonyl (C=O) groups excluding carboxylic acids is 2. The number of nitrogens with one attached hydrogen (secondary N) is 3. The highest BCUT2D eigenvalue weighted by atomic mass is 16.5. The number of hydrogen-bond donors (Lipinski definition) is 3. The monoisotopic (exact) mass is 434 g/mol. The molecule has 1 aliphatic rings. The number of fused-ring (bicyclic) bond motifs is 1. The quantitative estimate of drug-likeness (QED) is 0.495. The van der Waals surface area contributed by atoms with E-state index in [-0.39, 0.29) is 6.54 Å². The first-order valence-electron chi connectivity index (χ1n) is 10.4. The van der Waals surface area contributed by atoms with Crippen molar-refractivity contribution < 1.29 is 18.7 Å². The summed E-state index contributed by atoms with van der Waals surface area (Å²) in [6, 6.07) is 17.4. The Labute approximate surface area is 186 Å². The molecular weight excluding hydrogens is 408 g/mol. The van der Waals surface area contributed by atoms with Crippen molar-refractivity contribution in [1.29, 1.82) is 0 Å². The first-order valence-corrected chi connectivity index (χ1v) is 10.4. The van der Waals surface area contributed by atoms with Crippen molar-refractivity contribution in [1.82, 2.24) is 10.9 Å². The largest absolute Gasteiger partial charge is 0.495 e. The van der Waals surface area contributed by atoms with E-state index in [1.165, 1.54) is 11.8 Å². The lowest BCUT2D eigenvalue weighted by Crippen LogP contribution is -2.44. The van der Waals surface area contributed by atoms with Crippen LogP contribution >= 0.6 is 0 Å². The number of carbonyl (C=O) groups is 2. The summed E-state index contributed by atoms with van der Waals surface area (Å²) < 4.78 is 10.9. The first-order chi connectivity index (χ1) is 15.6. The Morgan fingerprint density at radius 1 is 1.09 bits per heavy atom. The SMILES string of the molecule is COc1ccccc1NCC(=O)NNC(=O)c1ccoc1CN1c2ccccc2CC1C. The van der Waals surface area contributed by atoms with Crippen molar-refractivity contribution in [2.24, 2.45) is 0 Å². The lowest BCUT2D eigenvalue weighted by molar-refractivity contribution is -0.120. The molecule has 0 saturated heterocycles. The van der Waals surface area contributed by atoms with Crippen molar-refractivity contribution in [3.63, 3.8) is 0 Å². The number of hydrogen-bond acceptors (Lipinski definition) is 6. The summed E-state index contributed by atoms with van der Waals surface area (Å²) in [5.74, 6) is 0.355. The van der Waals surface area contributed by atoms with Gasteiger partial charge in [-0.2, -0.15) is 0 Å². The summed E-state index contributed by atoms with van der Waals surface area (Å²) in [5.41, 5.74) is 8.40. The van der Waals surface area contributed by atoms with Gasteiger partial charge in [0.1, 0.15) is 11.5 Å². The molecule has 8 heteroatoms. The van der Waals surface area contributed by atoms with E-state index in [0.717, 1.165) is 12.1 Å². The fourth-order valence-corrected chi connectivity index (χ4v) is 3.89. The van der Waals surface area contributed by atoms with E-state index < -0.39 is 11.8 Å². The van der Waals surface area contributed by atoms with Gasteiger partial charge in [-0.25, -0.2) is 0 Å². The Morgan fingerprint density at radius 2 is 1.88 bits per heavy atom. The third-order valence-corrected chi connectivity index (χ3v) is 5.51. The number of nitrogens with zero attached hydrogens (tertiary/aromatic N) is 1. The Bertz CT molecular complexity index is 1110. The van der Waals surface area contributed by atoms with Gasteiger partial charge in [0.15, 0.2) is 0 Å². The van der Waals surface area contributed by atoms with E-state index in [4.69, 9.17) is 9.15 Å². The van der Waals surface area contributed by atoms with E-state index >= 15 is 0 Å². The predicted octanol–water partition coefficient (Wildman–Crippen LogP) is 3.11. The van der Waals surface area contributed by atoms with Gasteiger partial charge in [0.2, 0.25) is 0 Å². The standard InChI is InChI=1S/C24H26N4O4/c1-16-13-17-7-3-5-9-20(17)28(16)15-22-18(11-12-32-22)24(30)27-26-23(29)14-25-19-8-4-6-10-21(19)31-2/h3-12,16,25H,13-15H2,1-2H3,(H,26,29)(H,27,30). The molecule has 3 aromatic rings. The minimum Gasteiger partial charge on any atom is -0.495 e. The number of amides is 2. The van der Waals surface area contributed by atoms with Crippen LogP contribution in [0.4, 0.5) is 11.4 Å². The van der Waals surface area contributed by atoms with E-state index in [2.05, 4.69) is 40.1 Å². The van der Waals surface area contributed by atoms with Gasteiger partial charge in [0, 0.05) is 11.7 Å². The molecule has 32 heavy (non-hydrogen) atoms. The summed E-state index contributed by atoms with van der Waals surface area (Å²) in [6.07, 6.45) is 2.44. The van der Waals surface area contributed by atoms with E-state index in [0.29, 0.717) is 35.3 Å². The second-order valence-electron chi connectivity index (χ2n) is 7.62. The van der Waals surface area contributed by atoms with Gasteiger partial charge in [0.25, 0.3) is 11.8 Å². The molecule has 1 atom stereocenters. The van der Waals surface area contributed by atoms with Crippen molar-refractivity contribution in [3.05, 3.63) is 77.7 Å². The van der Waals surface area contributed by atoms with Gasteiger partial charge in [-0.1, -0.05) is 30.3 Å². The minimum atomic E-state index is -0.431. The summed E-state index contributed by atoms with van der Waals surface area (Å²) in [5, 5.41) is 2.98. The Kier molecular flexibility index (Phi) is 6.30. The number of ether oxygens (including phenoxy) is 1. The lowest BCUT2D eigenvalue weighted by Gasteiger charge is -2.24. The third kappa shape index (κ3) is 4.54. The number of para-hydroxylation sites is 3. The highest BCUT2D eigenvalue weighted by molar-refractivity contribution is 5.96. The highest BCUT2D eigenvalue weighted by Gasteiger charge is 2.28. The van der Waals surface area contributed by atoms with Crippen molar-refractivity contribution in [2.75, 3.05) is 23.9 Å². The fraction of sp³-hybridized carbons (Fsp3) is 0.250. The molecule has 0 aliphatic carbocycles. The van der Waals surface area contributed by atoms with Gasteiger partial charge in [-0.15, -0.1) is 0 Å². The molecule has 0 saturated carbocycles. The highest BCUT2D eigenvalue weighted by Crippen LogP contribution is 2.33. The van der Waals surface area contributed by atoms with Gasteiger partial charge in [-0.05, 0) is 43.2 Å². The Morgan fingerprint density at radius 3 is 2.72 bits per heavy atom. The van der Waals surface area contributed by atoms with Crippen molar-refractivity contribution in [2.45, 2.75) is 25.9 Å². The zero-order chi connectivity index (χ0) is 22.5. The van der Waals surface area contributed by atoms with E-state index in [1.54, 1.807) is 25.3 Å². The molecule has 2 aromatic carbocycles. The number of methoxy groups -OCH3 is 1. The molecule has 1 aromatic heterocycles. The predicted molar refractivity (Wildman–Crippen MR) is 122 cm³/mol. The number of anilines is 2. The zero-order valence-electron chi connectivity index (χ0n) is 18.1. The van der Waals surface area contributed by atoms with Gasteiger partial charge < -0.3 is 19.4 Å². The molecular formula is C24H26N4O4. The van der Waals surface area contributed by atoms with Crippen LogP contribution < -0.4 is 25.8 Å². The summed E-state index contributed by atoms with van der Waals surface area (Å²) >= 11 is 0. The van der Waals surface area contributed by atoms with Crippen LogP contribution in [-0.4, -0.2) is 31.5 Å². The molecule has 1 aliphatic heterocycles. The zero-order valence-corrected chi connectivity index (χ0v) is 18.1. The van der Waals surface area contributed by atoms with E-state index in [9.17, 15) is 9.59 Å². The van der Waals surface area contributed by atoms with Gasteiger partial charge in [-0.3, -0.25) is 20.4 Å². The van der Waals surface area contributed by atoms with Crippen LogP contribution in [0.3, 0.4) is 0 Å². The smallest absolute Gasteiger partial charge is 0.273 e. The maximum atomic E-state index is 12.7. The maximum absolute atomic E-state index is 12.7. The summed E-state index contributed by atoms with van der Waals surface area (Å²) in [7, 11) is 1.56. The van der Waals surface area contributed by atoms with Crippen LogP contribution in [0.5, 0.6) is 5.75 Å². The number of rotatable bonds is 7. The molecule has 2 heterocycles. The molecule has 3 N–H and O–H groups in total. The third-order valence-electron chi connectivity index (χ3n) is 5.51. The van der Waals surface area contributed by atoms with E-state index in [1.807, 2.05) is 24.3 Å². The summed E-state index contributed by atoms with van der Waals surface area (Å²) in [6.45, 7) is 2.59. The van der Waals surface area contributed by atoms with Gasteiger partial charge >= 0.3 is 0 Å². The summed E-state index contributed by atoms with van der Waals surface area (Å²) in [4.78, 5) is 27.1. The van der Waals surface area contributed by atoms with Crippen molar-refractivity contribution >= 4 is 23.2 Å². The number of hydrazine groups is 1. The maximum Gasteiger partial charge on any atom is 0.273 e. The topological polar surface area (TPSA) is 95.8 Å². The minimum absolute atomic E-state index is 0.0268. The van der Waals surface area contributed by atoms with Gasteiger partial charge in [0.05, 0.1) is 37.7 Å². The van der Waals surface area contributed by atoms with Crippen LogP contribution in [0.1, 0.15) is 28.6 Å². The molecule has 4 rings (SSSR count). The molecule has 1 unspecified atom stereocenters. The molecule has 0 radical (unpaired) electrons. The molecule has 2 amide bonds. The van der Waals surface area contributed by atoms with Crippen LogP contribution in [-0.2, 0) is 17.8 Å². The normalized spacial score (nSPS) is 14.6.